The summed E-state index contributed by atoms with van der Waals surface area (Å²) in [5.41, 5.74) is 9.84. The lowest BCUT2D eigenvalue weighted by molar-refractivity contribution is -0.150. The fraction of sp³-hybridized carbons (Fsp3) is 0.548. The van der Waals surface area contributed by atoms with E-state index in [1.165, 1.54) is 23.5 Å². The number of hydrazine groups is 1. The number of rotatable bonds is 16. The summed E-state index contributed by atoms with van der Waals surface area (Å²) < 4.78 is 34.0. The molecular formula is C31H49N5O6S. The number of carbonyl (C=O) groups is 2. The molecule has 2 aromatic carbocycles. The van der Waals surface area contributed by atoms with Crippen LogP contribution in [0.4, 0.5) is 0 Å². The fourth-order valence-corrected chi connectivity index (χ4v) is 6.09. The number of sulfonamides is 1. The zero-order valence-corrected chi connectivity index (χ0v) is 27.2. The third-order valence-corrected chi connectivity index (χ3v) is 9.40. The predicted molar refractivity (Wildman–Crippen MR) is 167 cm³/mol. The molecule has 2 rings (SSSR count). The average Bonchev–Trinajstić information content (AvgIpc) is 3.00. The highest BCUT2D eigenvalue weighted by atomic mass is 32.2. The molecule has 12 heteroatoms. The number of hydrogen-bond acceptors (Lipinski definition) is 8. The van der Waals surface area contributed by atoms with Gasteiger partial charge in [0, 0.05) is 13.1 Å². The Balaban J connectivity index is 2.59. The maximum Gasteiger partial charge on any atom is 0.258 e. The van der Waals surface area contributed by atoms with E-state index in [9.17, 15) is 23.1 Å². The van der Waals surface area contributed by atoms with Gasteiger partial charge in [0.25, 0.3) is 11.8 Å². The van der Waals surface area contributed by atoms with Crippen molar-refractivity contribution in [1.82, 2.24) is 20.1 Å². The summed E-state index contributed by atoms with van der Waals surface area (Å²) in [6, 6.07) is 12.6. The molecule has 0 saturated carbocycles. The number of nitrogens with two attached hydrogens (primary N) is 1. The SMILES string of the molecule is CC[C@H](C)[C@H](N)C(=O)N(NC(=O)[C@@H](C)NC)[C@@H](Cc1ccccc1)[C@H](O)CN(CC(C)C)S(=O)(=O)c1ccc(OC)cc1. The normalized spacial score (nSPS) is 15.4. The lowest BCUT2D eigenvalue weighted by atomic mass is 9.96. The summed E-state index contributed by atoms with van der Waals surface area (Å²) in [7, 11) is -0.940. The van der Waals surface area contributed by atoms with E-state index in [2.05, 4.69) is 10.7 Å². The Kier molecular flexibility index (Phi) is 14.1. The van der Waals surface area contributed by atoms with Crippen molar-refractivity contribution < 1.29 is 27.9 Å². The van der Waals surface area contributed by atoms with E-state index in [0.29, 0.717) is 12.2 Å². The second-order valence-electron chi connectivity index (χ2n) is 11.3. The van der Waals surface area contributed by atoms with Crippen molar-refractivity contribution in [3.8, 4) is 5.75 Å². The van der Waals surface area contributed by atoms with Gasteiger partial charge in [-0.3, -0.25) is 15.0 Å². The molecule has 0 saturated heterocycles. The van der Waals surface area contributed by atoms with E-state index < -0.39 is 46.1 Å². The first kappa shape index (κ1) is 36.2. The summed E-state index contributed by atoms with van der Waals surface area (Å²) in [5, 5.41) is 15.8. The van der Waals surface area contributed by atoms with Gasteiger partial charge in [-0.2, -0.15) is 4.31 Å². The van der Waals surface area contributed by atoms with Crippen LogP contribution in [-0.4, -0.2) is 86.1 Å². The molecule has 0 aliphatic heterocycles. The molecule has 240 valence electrons. The molecule has 5 N–H and O–H groups in total. The van der Waals surface area contributed by atoms with Crippen LogP contribution in [0, 0.1) is 11.8 Å². The highest BCUT2D eigenvalue weighted by Gasteiger charge is 2.38. The van der Waals surface area contributed by atoms with Crippen LogP contribution in [-0.2, 0) is 26.0 Å². The predicted octanol–water partition coefficient (Wildman–Crippen LogP) is 2.16. The van der Waals surface area contributed by atoms with Crippen molar-refractivity contribution in [2.24, 2.45) is 17.6 Å². The molecule has 2 amide bonds. The van der Waals surface area contributed by atoms with E-state index in [1.807, 2.05) is 58.0 Å². The number of hydrogen-bond donors (Lipinski definition) is 4. The van der Waals surface area contributed by atoms with Crippen molar-refractivity contribution in [2.45, 2.75) is 76.6 Å². The van der Waals surface area contributed by atoms with Gasteiger partial charge >= 0.3 is 0 Å². The van der Waals surface area contributed by atoms with Crippen LogP contribution in [0.5, 0.6) is 5.75 Å². The lowest BCUT2D eigenvalue weighted by Crippen LogP contribution is -2.64. The molecule has 0 aliphatic rings. The first-order valence-corrected chi connectivity index (χ1v) is 16.1. The highest BCUT2D eigenvalue weighted by Crippen LogP contribution is 2.23. The third kappa shape index (κ3) is 10.0. The van der Waals surface area contributed by atoms with Crippen molar-refractivity contribution in [3.63, 3.8) is 0 Å². The zero-order valence-electron chi connectivity index (χ0n) is 26.4. The van der Waals surface area contributed by atoms with Gasteiger partial charge < -0.3 is 20.9 Å². The molecule has 11 nitrogen and oxygen atoms in total. The molecule has 43 heavy (non-hydrogen) atoms. The van der Waals surface area contributed by atoms with Crippen molar-refractivity contribution >= 4 is 21.8 Å². The summed E-state index contributed by atoms with van der Waals surface area (Å²) in [4.78, 5) is 27.0. The van der Waals surface area contributed by atoms with Gasteiger partial charge in [0.2, 0.25) is 10.0 Å². The van der Waals surface area contributed by atoms with Crippen LogP contribution < -0.4 is 21.2 Å². The number of methoxy groups -OCH3 is 1. The van der Waals surface area contributed by atoms with E-state index >= 15 is 0 Å². The van der Waals surface area contributed by atoms with Gasteiger partial charge in [0.05, 0.1) is 36.2 Å². The molecule has 0 bridgehead atoms. The van der Waals surface area contributed by atoms with E-state index in [0.717, 1.165) is 10.6 Å². The molecule has 0 aromatic heterocycles. The zero-order chi connectivity index (χ0) is 32.3. The Bertz CT molecular complexity index is 1260. The van der Waals surface area contributed by atoms with E-state index in [1.54, 1.807) is 26.1 Å². The fourth-order valence-electron chi connectivity index (χ4n) is 4.47. The minimum absolute atomic E-state index is 0.0450. The van der Waals surface area contributed by atoms with Crippen LogP contribution >= 0.6 is 0 Å². The second kappa shape index (κ2) is 16.7. The number of ether oxygens (including phenoxy) is 1. The van der Waals surface area contributed by atoms with E-state index in [-0.39, 0.29) is 36.2 Å². The molecule has 0 radical (unpaired) electrons. The van der Waals surface area contributed by atoms with Gasteiger partial charge in [0.15, 0.2) is 0 Å². The summed E-state index contributed by atoms with van der Waals surface area (Å²) in [5.74, 6) is -0.839. The molecule has 0 unspecified atom stereocenters. The van der Waals surface area contributed by atoms with Gasteiger partial charge in [-0.15, -0.1) is 0 Å². The molecular weight excluding hydrogens is 570 g/mol. The molecule has 0 spiro atoms. The summed E-state index contributed by atoms with van der Waals surface area (Å²) >= 11 is 0. The number of benzene rings is 2. The maximum atomic E-state index is 13.9. The molecule has 0 fully saturated rings. The van der Waals surface area contributed by atoms with Crippen molar-refractivity contribution in [2.75, 3.05) is 27.2 Å². The Hall–Kier alpha value is -3.03. The van der Waals surface area contributed by atoms with Crippen LogP contribution in [0.25, 0.3) is 0 Å². The number of nitrogens with one attached hydrogen (secondary N) is 2. The van der Waals surface area contributed by atoms with E-state index in [4.69, 9.17) is 10.5 Å². The Labute approximate surface area is 256 Å². The Morgan fingerprint density at radius 2 is 1.60 bits per heavy atom. The number of carbonyl (C=O) groups excluding carboxylic acids is 2. The Morgan fingerprint density at radius 3 is 2.12 bits per heavy atom. The first-order chi connectivity index (χ1) is 20.3. The van der Waals surface area contributed by atoms with Gasteiger partial charge in [-0.05, 0) is 62.1 Å². The van der Waals surface area contributed by atoms with Gasteiger partial charge in [-0.25, -0.2) is 13.4 Å². The van der Waals surface area contributed by atoms with Crippen molar-refractivity contribution in [1.29, 1.82) is 0 Å². The monoisotopic (exact) mass is 619 g/mol. The van der Waals surface area contributed by atoms with Crippen LogP contribution in [0.2, 0.25) is 0 Å². The largest absolute Gasteiger partial charge is 0.497 e. The lowest BCUT2D eigenvalue weighted by Gasteiger charge is -2.39. The standard InChI is InChI=1S/C31H49N5O6S/c1-8-22(4)29(32)31(39)36(34-30(38)23(5)33-6)27(18-24-12-10-9-11-13-24)28(37)20-35(19-21(2)3)43(40,41)26-16-14-25(42-7)15-17-26/h9-17,21-23,27-29,33,37H,8,18-20,32H2,1-7H3,(H,34,38)/t22-,23+,27-,28+,29-/m0/s1. The second-order valence-corrected chi connectivity index (χ2v) is 13.3. The summed E-state index contributed by atoms with van der Waals surface area (Å²) in [6.07, 6.45) is -0.645. The average molecular weight is 620 g/mol. The van der Waals surface area contributed by atoms with Crippen LogP contribution in [0.1, 0.15) is 46.6 Å². The molecule has 5 atom stereocenters. The quantitative estimate of drug-likeness (QED) is 0.209. The van der Waals surface area contributed by atoms with Crippen LogP contribution in [0.3, 0.4) is 0 Å². The number of amides is 2. The van der Waals surface area contributed by atoms with Crippen molar-refractivity contribution in [3.05, 3.63) is 60.2 Å². The highest BCUT2D eigenvalue weighted by molar-refractivity contribution is 7.89. The molecule has 2 aromatic rings. The topological polar surface area (TPSA) is 154 Å². The minimum Gasteiger partial charge on any atom is -0.497 e. The maximum absolute atomic E-state index is 13.9. The molecule has 0 aliphatic carbocycles. The van der Waals surface area contributed by atoms with Gasteiger partial charge in [-0.1, -0.05) is 64.4 Å². The Morgan fingerprint density at radius 1 is 1.00 bits per heavy atom. The molecule has 0 heterocycles. The van der Waals surface area contributed by atoms with Crippen LogP contribution in [0.15, 0.2) is 59.5 Å². The number of aliphatic hydroxyl groups excluding tert-OH is 1. The first-order valence-electron chi connectivity index (χ1n) is 14.7. The number of nitrogens with zero attached hydrogens (tertiary/aromatic N) is 2. The third-order valence-electron chi connectivity index (χ3n) is 7.56. The van der Waals surface area contributed by atoms with Gasteiger partial charge in [0.1, 0.15) is 5.75 Å². The minimum atomic E-state index is -4.05. The smallest absolute Gasteiger partial charge is 0.258 e. The summed E-state index contributed by atoms with van der Waals surface area (Å²) in [6.45, 7) is 8.94. The number of aliphatic hydroxyl groups is 1. The number of likely N-dealkylation sites (N-methyl/N-ethyl adjacent to an activating group) is 1.